The molecule has 0 spiro atoms. The van der Waals surface area contributed by atoms with Crippen molar-refractivity contribution in [3.63, 3.8) is 0 Å². The van der Waals surface area contributed by atoms with E-state index >= 15 is 0 Å². The van der Waals surface area contributed by atoms with Crippen LogP contribution in [-0.2, 0) is 6.42 Å². The van der Waals surface area contributed by atoms with Gasteiger partial charge < -0.3 is 11.1 Å². The van der Waals surface area contributed by atoms with Crippen molar-refractivity contribution >= 4 is 27.6 Å². The summed E-state index contributed by atoms with van der Waals surface area (Å²) in [4.78, 5) is 4.21. The second kappa shape index (κ2) is 7.22. The molecule has 0 atom stereocenters. The van der Waals surface area contributed by atoms with Crippen molar-refractivity contribution in [3.8, 4) is 0 Å². The van der Waals surface area contributed by atoms with E-state index in [-0.39, 0.29) is 5.82 Å². The maximum atomic E-state index is 13.6. The maximum Gasteiger partial charge on any atom is 0.193 e. The highest BCUT2D eigenvalue weighted by Gasteiger charge is 2.02. The minimum atomic E-state index is -0.224. The summed E-state index contributed by atoms with van der Waals surface area (Å²) in [7, 11) is 0. The molecule has 0 heterocycles. The monoisotopic (exact) mass is 349 g/mol. The van der Waals surface area contributed by atoms with Crippen LogP contribution >= 0.6 is 15.9 Å². The number of rotatable bonds is 4. The van der Waals surface area contributed by atoms with E-state index in [1.54, 1.807) is 12.1 Å². The number of guanidine groups is 1. The molecule has 2 aromatic rings. The largest absolute Gasteiger partial charge is 0.370 e. The van der Waals surface area contributed by atoms with Crippen LogP contribution in [-0.4, -0.2) is 12.5 Å². The molecule has 110 valence electrons. The van der Waals surface area contributed by atoms with Gasteiger partial charge in [-0.2, -0.15) is 0 Å². The predicted molar refractivity (Wildman–Crippen MR) is 89.1 cm³/mol. The smallest absolute Gasteiger partial charge is 0.193 e. The van der Waals surface area contributed by atoms with E-state index in [0.717, 1.165) is 10.2 Å². The molecule has 21 heavy (non-hydrogen) atoms. The molecule has 3 nitrogen and oxygen atoms in total. The number of aliphatic imine (C=N–C) groups is 1. The molecular formula is C16H17BrFN3. The first-order valence-corrected chi connectivity index (χ1v) is 7.41. The number of aryl methyl sites for hydroxylation is 1. The van der Waals surface area contributed by atoms with Crippen LogP contribution in [0, 0.1) is 12.7 Å². The molecule has 0 aromatic heterocycles. The molecule has 0 bridgehead atoms. The van der Waals surface area contributed by atoms with Crippen molar-refractivity contribution in [1.82, 2.24) is 0 Å². The van der Waals surface area contributed by atoms with E-state index < -0.39 is 0 Å². The summed E-state index contributed by atoms with van der Waals surface area (Å²) in [6, 6.07) is 12.7. The first-order chi connectivity index (χ1) is 10.0. The van der Waals surface area contributed by atoms with Gasteiger partial charge in [0.2, 0.25) is 0 Å². The van der Waals surface area contributed by atoms with E-state index in [1.165, 1.54) is 11.6 Å². The number of halogens is 2. The molecule has 0 aliphatic rings. The van der Waals surface area contributed by atoms with Crippen LogP contribution in [0.3, 0.4) is 0 Å². The van der Waals surface area contributed by atoms with Gasteiger partial charge in [-0.3, -0.25) is 4.99 Å². The zero-order valence-corrected chi connectivity index (χ0v) is 13.3. The van der Waals surface area contributed by atoms with Gasteiger partial charge in [-0.05, 0) is 49.2 Å². The summed E-state index contributed by atoms with van der Waals surface area (Å²) in [6.07, 6.45) is 0.502. The zero-order chi connectivity index (χ0) is 15.2. The molecular weight excluding hydrogens is 333 g/mol. The lowest BCUT2D eigenvalue weighted by Crippen LogP contribution is -2.23. The molecule has 0 saturated heterocycles. The van der Waals surface area contributed by atoms with Crippen LogP contribution in [0.2, 0.25) is 0 Å². The normalized spacial score (nSPS) is 11.5. The third-order valence-corrected chi connectivity index (χ3v) is 3.49. The highest BCUT2D eigenvalue weighted by molar-refractivity contribution is 9.10. The Labute approximate surface area is 132 Å². The maximum absolute atomic E-state index is 13.6. The highest BCUT2D eigenvalue weighted by Crippen LogP contribution is 2.16. The van der Waals surface area contributed by atoms with Crippen molar-refractivity contribution in [2.75, 3.05) is 11.9 Å². The van der Waals surface area contributed by atoms with Crippen LogP contribution in [0.25, 0.3) is 0 Å². The molecule has 0 saturated carbocycles. The molecule has 2 rings (SSSR count). The summed E-state index contributed by atoms with van der Waals surface area (Å²) in [5.41, 5.74) is 8.50. The standard InChI is InChI=1S/C16H17BrFN3/c1-11-2-5-14(6-3-11)21-16(19)20-9-8-12-10-13(17)4-7-15(12)18/h2-7,10H,8-9H2,1H3,(H3,19,20,21). The second-order valence-corrected chi connectivity index (χ2v) is 5.66. The van der Waals surface area contributed by atoms with Gasteiger partial charge in [-0.15, -0.1) is 0 Å². The summed E-state index contributed by atoms with van der Waals surface area (Å²) < 4.78 is 14.4. The van der Waals surface area contributed by atoms with Crippen LogP contribution in [0.1, 0.15) is 11.1 Å². The van der Waals surface area contributed by atoms with Gasteiger partial charge in [0.15, 0.2) is 5.96 Å². The quantitative estimate of drug-likeness (QED) is 0.650. The summed E-state index contributed by atoms with van der Waals surface area (Å²) in [6.45, 7) is 2.45. The Hall–Kier alpha value is -1.88. The van der Waals surface area contributed by atoms with E-state index in [2.05, 4.69) is 26.2 Å². The minimum Gasteiger partial charge on any atom is -0.370 e. The molecule has 0 amide bonds. The van der Waals surface area contributed by atoms with E-state index in [4.69, 9.17) is 5.73 Å². The third-order valence-electron chi connectivity index (χ3n) is 3.00. The Kier molecular flexibility index (Phi) is 5.33. The Morgan fingerprint density at radius 1 is 1.24 bits per heavy atom. The predicted octanol–water partition coefficient (Wildman–Crippen LogP) is 3.87. The van der Waals surface area contributed by atoms with E-state index in [1.807, 2.05) is 31.2 Å². The fraction of sp³-hybridized carbons (Fsp3) is 0.188. The molecule has 5 heteroatoms. The van der Waals surface area contributed by atoms with E-state index in [9.17, 15) is 4.39 Å². The Morgan fingerprint density at radius 3 is 2.67 bits per heavy atom. The van der Waals surface area contributed by atoms with Crippen LogP contribution in [0.4, 0.5) is 10.1 Å². The lowest BCUT2D eigenvalue weighted by molar-refractivity contribution is 0.609. The molecule has 3 N–H and O–H groups in total. The summed E-state index contributed by atoms with van der Waals surface area (Å²) in [5, 5.41) is 3.01. The van der Waals surface area contributed by atoms with Gasteiger partial charge in [-0.25, -0.2) is 4.39 Å². The van der Waals surface area contributed by atoms with Crippen molar-refractivity contribution in [3.05, 3.63) is 63.9 Å². The SMILES string of the molecule is Cc1ccc(NC(N)=NCCc2cc(Br)ccc2F)cc1. The topological polar surface area (TPSA) is 50.4 Å². The Morgan fingerprint density at radius 2 is 1.95 bits per heavy atom. The Bertz CT molecular complexity index is 638. The van der Waals surface area contributed by atoms with Gasteiger partial charge in [-0.1, -0.05) is 33.6 Å². The fourth-order valence-electron chi connectivity index (χ4n) is 1.86. The van der Waals surface area contributed by atoms with Gasteiger partial charge in [0.1, 0.15) is 5.82 Å². The minimum absolute atomic E-state index is 0.224. The van der Waals surface area contributed by atoms with Gasteiger partial charge in [0.25, 0.3) is 0 Å². The van der Waals surface area contributed by atoms with Crippen LogP contribution in [0.15, 0.2) is 51.9 Å². The number of anilines is 1. The number of hydrogen-bond acceptors (Lipinski definition) is 1. The average Bonchev–Trinajstić information content (AvgIpc) is 2.45. The van der Waals surface area contributed by atoms with Gasteiger partial charge in [0.05, 0.1) is 0 Å². The lowest BCUT2D eigenvalue weighted by Gasteiger charge is -2.06. The van der Waals surface area contributed by atoms with Crippen molar-refractivity contribution < 1.29 is 4.39 Å². The zero-order valence-electron chi connectivity index (χ0n) is 11.7. The van der Waals surface area contributed by atoms with Crippen molar-refractivity contribution in [1.29, 1.82) is 0 Å². The fourth-order valence-corrected chi connectivity index (χ4v) is 2.26. The third kappa shape index (κ3) is 4.86. The van der Waals surface area contributed by atoms with Crippen LogP contribution in [0.5, 0.6) is 0 Å². The van der Waals surface area contributed by atoms with E-state index in [0.29, 0.717) is 24.5 Å². The van der Waals surface area contributed by atoms with Crippen LogP contribution < -0.4 is 11.1 Å². The average molecular weight is 350 g/mol. The summed E-state index contributed by atoms with van der Waals surface area (Å²) >= 11 is 3.33. The summed E-state index contributed by atoms with van der Waals surface area (Å²) in [5.74, 6) is 0.104. The molecule has 2 aromatic carbocycles. The number of nitrogens with zero attached hydrogens (tertiary/aromatic N) is 1. The number of nitrogens with two attached hydrogens (primary N) is 1. The van der Waals surface area contributed by atoms with Gasteiger partial charge in [0, 0.05) is 16.7 Å². The first kappa shape index (κ1) is 15.5. The van der Waals surface area contributed by atoms with Gasteiger partial charge >= 0.3 is 0 Å². The first-order valence-electron chi connectivity index (χ1n) is 6.62. The molecule has 0 radical (unpaired) electrons. The number of hydrogen-bond donors (Lipinski definition) is 2. The molecule has 0 unspecified atom stereocenters. The Balaban J connectivity index is 1.91. The van der Waals surface area contributed by atoms with Crippen molar-refractivity contribution in [2.24, 2.45) is 10.7 Å². The lowest BCUT2D eigenvalue weighted by atomic mass is 10.1. The molecule has 0 aliphatic heterocycles. The highest BCUT2D eigenvalue weighted by atomic mass is 79.9. The second-order valence-electron chi connectivity index (χ2n) is 4.74. The van der Waals surface area contributed by atoms with Crippen molar-refractivity contribution in [2.45, 2.75) is 13.3 Å². The molecule has 0 aliphatic carbocycles. The number of benzene rings is 2. The molecule has 0 fully saturated rings. The number of nitrogens with one attached hydrogen (secondary N) is 1.